The Morgan fingerprint density at radius 3 is 2.40 bits per heavy atom. The normalized spacial score (nSPS) is 40.2. The van der Waals surface area contributed by atoms with E-state index in [1.165, 1.54) is 32.1 Å². The number of hydrogen-bond donors (Lipinski definition) is 2. The smallest absolute Gasteiger partial charge is 0.0642 e. The van der Waals surface area contributed by atoms with Crippen LogP contribution in [0.3, 0.4) is 0 Å². The fourth-order valence-corrected chi connectivity index (χ4v) is 5.44. The van der Waals surface area contributed by atoms with Gasteiger partial charge in [0, 0.05) is 11.8 Å². The SMILES string of the molecule is Cc1nn(C2C3CC4CC(C3)CC2C4)cc1C(N)CO. The molecule has 1 aromatic heterocycles. The van der Waals surface area contributed by atoms with Gasteiger partial charge >= 0.3 is 0 Å². The molecule has 0 saturated heterocycles. The lowest BCUT2D eigenvalue weighted by molar-refractivity contribution is -0.0337. The summed E-state index contributed by atoms with van der Waals surface area (Å²) in [6.07, 6.45) is 9.20. The van der Waals surface area contributed by atoms with Gasteiger partial charge in [0.15, 0.2) is 0 Å². The van der Waals surface area contributed by atoms with E-state index >= 15 is 0 Å². The quantitative estimate of drug-likeness (QED) is 0.888. The Morgan fingerprint density at radius 1 is 1.25 bits per heavy atom. The van der Waals surface area contributed by atoms with Crippen LogP contribution in [0.2, 0.25) is 0 Å². The molecular formula is C16H25N3O. The van der Waals surface area contributed by atoms with Gasteiger partial charge in [0.2, 0.25) is 0 Å². The van der Waals surface area contributed by atoms with E-state index in [0.29, 0.717) is 6.04 Å². The Kier molecular flexibility index (Phi) is 2.93. The monoisotopic (exact) mass is 275 g/mol. The fraction of sp³-hybridized carbons (Fsp3) is 0.812. The van der Waals surface area contributed by atoms with Gasteiger partial charge in [-0.2, -0.15) is 5.10 Å². The molecule has 4 aliphatic rings. The number of nitrogens with zero attached hydrogens (tertiary/aromatic N) is 2. The predicted molar refractivity (Wildman–Crippen MR) is 77.1 cm³/mol. The number of aryl methyl sites for hydroxylation is 1. The highest BCUT2D eigenvalue weighted by Crippen LogP contribution is 2.58. The van der Waals surface area contributed by atoms with Crippen molar-refractivity contribution in [1.82, 2.24) is 9.78 Å². The van der Waals surface area contributed by atoms with Gasteiger partial charge in [0.1, 0.15) is 0 Å². The molecule has 3 N–H and O–H groups in total. The van der Waals surface area contributed by atoms with Crippen molar-refractivity contribution in [2.24, 2.45) is 29.4 Å². The molecule has 5 rings (SSSR count). The van der Waals surface area contributed by atoms with Crippen molar-refractivity contribution in [3.63, 3.8) is 0 Å². The van der Waals surface area contributed by atoms with Crippen LogP contribution in [-0.2, 0) is 0 Å². The van der Waals surface area contributed by atoms with Crippen LogP contribution in [0.1, 0.15) is 55.4 Å². The van der Waals surface area contributed by atoms with E-state index in [-0.39, 0.29) is 12.6 Å². The summed E-state index contributed by atoms with van der Waals surface area (Å²) in [6, 6.07) is 0.293. The Bertz CT molecular complexity index is 482. The van der Waals surface area contributed by atoms with Crippen LogP contribution in [0.15, 0.2) is 6.20 Å². The fourth-order valence-electron chi connectivity index (χ4n) is 5.44. The zero-order chi connectivity index (χ0) is 13.9. The summed E-state index contributed by atoms with van der Waals surface area (Å²) in [5.74, 6) is 3.63. The Labute approximate surface area is 120 Å². The van der Waals surface area contributed by atoms with Crippen molar-refractivity contribution in [2.45, 2.75) is 51.1 Å². The van der Waals surface area contributed by atoms with Gasteiger partial charge < -0.3 is 10.8 Å². The Balaban J connectivity index is 1.64. The maximum atomic E-state index is 9.27. The summed E-state index contributed by atoms with van der Waals surface area (Å²) in [7, 11) is 0. The van der Waals surface area contributed by atoms with Crippen molar-refractivity contribution in [3.8, 4) is 0 Å². The minimum Gasteiger partial charge on any atom is -0.394 e. The lowest BCUT2D eigenvalue weighted by Gasteiger charge is -2.54. The first kappa shape index (κ1) is 12.8. The third-order valence-electron chi connectivity index (χ3n) is 6.03. The first-order valence-electron chi connectivity index (χ1n) is 8.07. The third-order valence-corrected chi connectivity index (χ3v) is 6.03. The molecule has 20 heavy (non-hydrogen) atoms. The number of hydrogen-bond acceptors (Lipinski definition) is 3. The maximum absolute atomic E-state index is 9.27. The van der Waals surface area contributed by atoms with E-state index in [9.17, 15) is 5.11 Å². The highest BCUT2D eigenvalue weighted by Gasteiger charge is 2.49. The van der Waals surface area contributed by atoms with E-state index in [0.717, 1.165) is 34.9 Å². The lowest BCUT2D eigenvalue weighted by Crippen LogP contribution is -2.46. The van der Waals surface area contributed by atoms with Gasteiger partial charge in [-0.3, -0.25) is 4.68 Å². The van der Waals surface area contributed by atoms with Crippen LogP contribution in [0.5, 0.6) is 0 Å². The summed E-state index contributed by atoms with van der Waals surface area (Å²) in [4.78, 5) is 0. The second kappa shape index (κ2) is 4.57. The van der Waals surface area contributed by atoms with Crippen molar-refractivity contribution in [2.75, 3.05) is 6.61 Å². The van der Waals surface area contributed by atoms with Gasteiger partial charge in [0.25, 0.3) is 0 Å². The average molecular weight is 275 g/mol. The van der Waals surface area contributed by atoms with Gasteiger partial charge in [-0.1, -0.05) is 0 Å². The molecule has 0 aliphatic heterocycles. The summed E-state index contributed by atoms with van der Waals surface area (Å²) in [5, 5.41) is 14.0. The number of aromatic nitrogens is 2. The molecule has 1 heterocycles. The molecule has 4 heteroatoms. The molecule has 4 aliphatic carbocycles. The number of aliphatic hydroxyl groups excluding tert-OH is 1. The zero-order valence-electron chi connectivity index (χ0n) is 12.2. The van der Waals surface area contributed by atoms with Gasteiger partial charge in [0.05, 0.1) is 24.4 Å². The van der Waals surface area contributed by atoms with Crippen molar-refractivity contribution in [1.29, 1.82) is 0 Å². The molecule has 4 fully saturated rings. The first-order chi connectivity index (χ1) is 9.65. The van der Waals surface area contributed by atoms with E-state index in [4.69, 9.17) is 10.8 Å². The molecular weight excluding hydrogens is 250 g/mol. The maximum Gasteiger partial charge on any atom is 0.0642 e. The van der Waals surface area contributed by atoms with E-state index in [1.54, 1.807) is 0 Å². The van der Waals surface area contributed by atoms with E-state index in [2.05, 4.69) is 10.9 Å². The predicted octanol–water partition coefficient (Wildman–Crippen LogP) is 2.18. The molecule has 1 unspecified atom stereocenters. The Hall–Kier alpha value is -0.870. The molecule has 1 atom stereocenters. The van der Waals surface area contributed by atoms with Crippen molar-refractivity contribution >= 4 is 0 Å². The third kappa shape index (κ3) is 1.85. The highest BCUT2D eigenvalue weighted by atomic mass is 16.3. The molecule has 110 valence electrons. The van der Waals surface area contributed by atoms with E-state index < -0.39 is 0 Å². The van der Waals surface area contributed by atoms with Crippen LogP contribution in [0.25, 0.3) is 0 Å². The van der Waals surface area contributed by atoms with Gasteiger partial charge in [-0.05, 0) is 62.7 Å². The van der Waals surface area contributed by atoms with Crippen LogP contribution in [0.4, 0.5) is 0 Å². The highest BCUT2D eigenvalue weighted by molar-refractivity contribution is 5.20. The molecule has 1 aromatic rings. The first-order valence-corrected chi connectivity index (χ1v) is 8.07. The topological polar surface area (TPSA) is 64.1 Å². The van der Waals surface area contributed by atoms with Crippen LogP contribution in [-0.4, -0.2) is 21.5 Å². The van der Waals surface area contributed by atoms with Gasteiger partial charge in [-0.15, -0.1) is 0 Å². The summed E-state index contributed by atoms with van der Waals surface area (Å²) in [5.41, 5.74) is 7.98. The number of aliphatic hydroxyl groups is 1. The number of rotatable bonds is 3. The second-order valence-corrected chi connectivity index (χ2v) is 7.36. The van der Waals surface area contributed by atoms with Crippen LogP contribution in [0, 0.1) is 30.6 Å². The molecule has 0 amide bonds. The Morgan fingerprint density at radius 2 is 1.85 bits per heavy atom. The summed E-state index contributed by atoms with van der Waals surface area (Å²) >= 11 is 0. The number of nitrogens with two attached hydrogens (primary N) is 1. The zero-order valence-corrected chi connectivity index (χ0v) is 12.2. The lowest BCUT2D eigenvalue weighted by atomic mass is 9.54. The van der Waals surface area contributed by atoms with Crippen LogP contribution >= 0.6 is 0 Å². The molecule has 4 bridgehead atoms. The second-order valence-electron chi connectivity index (χ2n) is 7.36. The average Bonchev–Trinajstić information content (AvgIpc) is 2.78. The standard InChI is InChI=1S/C16H25N3O/c1-9-14(15(17)8-20)7-19(18-9)16-12-3-10-2-11(5-12)6-13(16)4-10/h7,10-13,15-16,20H,2-6,8,17H2,1H3. The van der Waals surface area contributed by atoms with Crippen molar-refractivity contribution < 1.29 is 5.11 Å². The van der Waals surface area contributed by atoms with Crippen molar-refractivity contribution in [3.05, 3.63) is 17.5 Å². The van der Waals surface area contributed by atoms with E-state index in [1.807, 2.05) is 6.92 Å². The van der Waals surface area contributed by atoms with Gasteiger partial charge in [-0.25, -0.2) is 0 Å². The molecule has 0 aromatic carbocycles. The summed E-state index contributed by atoms with van der Waals surface area (Å²) < 4.78 is 2.20. The molecule has 0 spiro atoms. The molecule has 4 nitrogen and oxygen atoms in total. The largest absolute Gasteiger partial charge is 0.394 e. The summed E-state index contributed by atoms with van der Waals surface area (Å²) in [6.45, 7) is 2.01. The minimum atomic E-state index is -0.291. The van der Waals surface area contributed by atoms with Crippen LogP contribution < -0.4 is 5.73 Å². The molecule has 4 saturated carbocycles. The minimum absolute atomic E-state index is 0.00575. The molecule has 0 radical (unpaired) electrons.